The van der Waals surface area contributed by atoms with Gasteiger partial charge in [0.2, 0.25) is 0 Å². The van der Waals surface area contributed by atoms with E-state index in [1.54, 1.807) is 0 Å². The lowest BCUT2D eigenvalue weighted by atomic mass is 10.1. The zero-order chi connectivity index (χ0) is 14.8. The van der Waals surface area contributed by atoms with Gasteiger partial charge in [-0.25, -0.2) is 0 Å². The summed E-state index contributed by atoms with van der Waals surface area (Å²) in [5.41, 5.74) is 3.14. The Labute approximate surface area is 126 Å². The van der Waals surface area contributed by atoms with Gasteiger partial charge in [0.25, 0.3) is 0 Å². The molecule has 0 saturated heterocycles. The lowest BCUT2D eigenvalue weighted by Crippen LogP contribution is -2.00. The Balaban J connectivity index is 2.17. The summed E-state index contributed by atoms with van der Waals surface area (Å²) in [6, 6.07) is 19.9. The normalized spacial score (nSPS) is 11.4. The van der Waals surface area contributed by atoms with E-state index in [-0.39, 0.29) is 5.78 Å². The molecular weight excluding hydrogens is 275 g/mol. The average Bonchev–Trinajstić information content (AvgIpc) is 2.84. The highest BCUT2D eigenvalue weighted by Crippen LogP contribution is 2.48. The first-order chi connectivity index (χ1) is 10.2. The topological polar surface area (TPSA) is 17.1 Å². The molecule has 1 nitrogen and oxygen atoms in total. The van der Waals surface area contributed by atoms with Crippen LogP contribution in [0.2, 0.25) is 0 Å². The van der Waals surface area contributed by atoms with E-state index in [2.05, 4.69) is 31.8 Å². The van der Waals surface area contributed by atoms with Crippen LogP contribution in [0.1, 0.15) is 26.8 Å². The first-order valence-electron chi connectivity index (χ1n) is 7.02. The Morgan fingerprint density at radius 1 is 0.857 bits per heavy atom. The van der Waals surface area contributed by atoms with E-state index in [1.807, 2.05) is 48.5 Å². The predicted octanol–water partition coefficient (Wildman–Crippen LogP) is 5.51. The molecule has 0 fully saturated rings. The van der Waals surface area contributed by atoms with Crippen LogP contribution in [0.25, 0.3) is 5.30 Å². The molecule has 0 aliphatic heterocycles. The number of carbonyl (C=O) groups is 1. The van der Waals surface area contributed by atoms with Gasteiger partial charge in [0.05, 0.1) is 0 Å². The summed E-state index contributed by atoms with van der Waals surface area (Å²) in [4.78, 5) is 12.9. The molecule has 0 N–H and O–H groups in total. The number of hydrogen-bond donors (Lipinski definition) is 0. The standard InChI is InChI=1S/C19H17OP/c1-14-13-21(17-11-7-4-8-12-17)19(15(14)2)18(20)16-9-5-3-6-10-16/h3-13H,1-2H3. The summed E-state index contributed by atoms with van der Waals surface area (Å²) in [6.07, 6.45) is 0. The Morgan fingerprint density at radius 2 is 1.43 bits per heavy atom. The second-order valence-electron chi connectivity index (χ2n) is 5.19. The van der Waals surface area contributed by atoms with E-state index >= 15 is 0 Å². The fourth-order valence-corrected chi connectivity index (χ4v) is 5.02. The zero-order valence-electron chi connectivity index (χ0n) is 12.2. The summed E-state index contributed by atoms with van der Waals surface area (Å²) in [5.74, 6) is 2.42. The largest absolute Gasteiger partial charge is 0.288 e. The molecule has 0 aliphatic carbocycles. The first-order valence-corrected chi connectivity index (χ1v) is 8.43. The van der Waals surface area contributed by atoms with Crippen LogP contribution in [0.15, 0.2) is 66.5 Å². The van der Waals surface area contributed by atoms with Crippen molar-refractivity contribution >= 4 is 13.3 Å². The molecule has 2 heteroatoms. The smallest absolute Gasteiger partial charge is 0.197 e. The molecule has 3 aromatic rings. The maximum absolute atomic E-state index is 12.9. The molecule has 0 saturated carbocycles. The van der Waals surface area contributed by atoms with Gasteiger partial charge in [0, 0.05) is 10.9 Å². The van der Waals surface area contributed by atoms with Crippen molar-refractivity contribution < 1.29 is 4.79 Å². The molecule has 1 aromatic heterocycles. The molecule has 1 heterocycles. The van der Waals surface area contributed by atoms with Crippen LogP contribution in [0.4, 0.5) is 0 Å². The number of ketones is 1. The van der Waals surface area contributed by atoms with Crippen LogP contribution in [-0.2, 0) is 0 Å². The molecular formula is C19H17OP. The van der Waals surface area contributed by atoms with E-state index in [1.165, 1.54) is 10.9 Å². The highest BCUT2D eigenvalue weighted by molar-refractivity contribution is 7.58. The van der Waals surface area contributed by atoms with Gasteiger partial charge in [0.1, 0.15) is 0 Å². The van der Waals surface area contributed by atoms with Crippen molar-refractivity contribution in [2.45, 2.75) is 13.8 Å². The molecule has 0 aliphatic rings. The Morgan fingerprint density at radius 3 is 2.05 bits per heavy atom. The molecule has 0 bridgehead atoms. The van der Waals surface area contributed by atoms with Crippen molar-refractivity contribution in [2.24, 2.45) is 0 Å². The van der Waals surface area contributed by atoms with Crippen LogP contribution in [0.3, 0.4) is 0 Å². The van der Waals surface area contributed by atoms with Crippen LogP contribution < -0.4 is 0 Å². The van der Waals surface area contributed by atoms with Gasteiger partial charge in [0.15, 0.2) is 5.78 Å². The zero-order valence-corrected chi connectivity index (χ0v) is 13.1. The van der Waals surface area contributed by atoms with Crippen molar-refractivity contribution in [3.05, 3.63) is 88.4 Å². The van der Waals surface area contributed by atoms with Crippen LogP contribution in [-0.4, -0.2) is 5.78 Å². The lowest BCUT2D eigenvalue weighted by Gasteiger charge is -2.07. The number of rotatable bonds is 3. The molecule has 0 spiro atoms. The molecule has 2 aromatic carbocycles. The molecule has 1 atom stereocenters. The van der Waals surface area contributed by atoms with Gasteiger partial charge in [-0.2, -0.15) is 0 Å². The molecule has 21 heavy (non-hydrogen) atoms. The number of carbonyl (C=O) groups excluding carboxylic acids is 1. The Hall–Kier alpha value is -2.11. The number of hydrogen-bond acceptors (Lipinski definition) is 1. The van der Waals surface area contributed by atoms with Gasteiger partial charge in [-0.1, -0.05) is 68.2 Å². The van der Waals surface area contributed by atoms with Gasteiger partial charge in [-0.3, -0.25) is 4.79 Å². The third-order valence-electron chi connectivity index (χ3n) is 3.80. The highest BCUT2D eigenvalue weighted by Gasteiger charge is 2.19. The second kappa shape index (κ2) is 5.71. The molecule has 1 unspecified atom stereocenters. The minimum absolute atomic E-state index is 0.163. The highest BCUT2D eigenvalue weighted by atomic mass is 31.1. The number of benzene rings is 2. The number of aryl methyl sites for hydroxylation is 1. The summed E-state index contributed by atoms with van der Waals surface area (Å²) in [7, 11) is -0.677. The fraction of sp³-hybridized carbons (Fsp3) is 0.105. The van der Waals surface area contributed by atoms with Gasteiger partial charge in [-0.05, 0) is 36.1 Å². The van der Waals surface area contributed by atoms with E-state index in [0.29, 0.717) is 0 Å². The van der Waals surface area contributed by atoms with Gasteiger partial charge < -0.3 is 0 Å². The molecule has 0 amide bonds. The maximum atomic E-state index is 12.9. The van der Waals surface area contributed by atoms with Gasteiger partial charge in [-0.15, -0.1) is 0 Å². The third kappa shape index (κ3) is 2.57. The van der Waals surface area contributed by atoms with Crippen LogP contribution in [0, 0.1) is 13.8 Å². The maximum Gasteiger partial charge on any atom is 0.197 e. The first kappa shape index (κ1) is 13.9. The Kier molecular flexibility index (Phi) is 3.77. The van der Waals surface area contributed by atoms with Crippen molar-refractivity contribution in [3.8, 4) is 5.30 Å². The summed E-state index contributed by atoms with van der Waals surface area (Å²) < 4.78 is 0. The summed E-state index contributed by atoms with van der Waals surface area (Å²) >= 11 is 0. The van der Waals surface area contributed by atoms with Crippen molar-refractivity contribution in [1.82, 2.24) is 0 Å². The fourth-order valence-electron chi connectivity index (χ4n) is 2.52. The minimum atomic E-state index is -0.677. The second-order valence-corrected chi connectivity index (χ2v) is 7.15. The van der Waals surface area contributed by atoms with E-state index < -0.39 is 7.53 Å². The molecule has 0 radical (unpaired) electrons. The lowest BCUT2D eigenvalue weighted by molar-refractivity contribution is 0.104. The van der Waals surface area contributed by atoms with E-state index in [9.17, 15) is 4.79 Å². The third-order valence-corrected chi connectivity index (χ3v) is 6.32. The summed E-state index contributed by atoms with van der Waals surface area (Å²) in [6.45, 7) is 4.16. The van der Waals surface area contributed by atoms with E-state index in [4.69, 9.17) is 0 Å². The monoisotopic (exact) mass is 292 g/mol. The van der Waals surface area contributed by atoms with E-state index in [0.717, 1.165) is 16.4 Å². The summed E-state index contributed by atoms with van der Waals surface area (Å²) in [5, 5.41) is 2.21. The molecule has 3 rings (SSSR count). The minimum Gasteiger partial charge on any atom is -0.288 e. The van der Waals surface area contributed by atoms with Crippen molar-refractivity contribution in [2.75, 3.05) is 0 Å². The van der Waals surface area contributed by atoms with Gasteiger partial charge >= 0.3 is 0 Å². The van der Waals surface area contributed by atoms with Crippen molar-refractivity contribution in [3.63, 3.8) is 0 Å². The van der Waals surface area contributed by atoms with Crippen LogP contribution >= 0.6 is 7.53 Å². The SMILES string of the molecule is Cc1cp(-c2ccccc2)c(C(=O)c2ccccc2)c1C. The van der Waals surface area contributed by atoms with Crippen molar-refractivity contribution in [1.29, 1.82) is 0 Å². The quantitative estimate of drug-likeness (QED) is 0.582. The molecule has 104 valence electrons. The average molecular weight is 292 g/mol. The predicted molar refractivity (Wildman–Crippen MR) is 89.8 cm³/mol. The van der Waals surface area contributed by atoms with Crippen LogP contribution in [0.5, 0.6) is 0 Å². The Bertz CT molecular complexity index is 770.